The molecular formula is C18H17N3O3. The summed E-state index contributed by atoms with van der Waals surface area (Å²) in [5, 5.41) is 2.83. The highest BCUT2D eigenvalue weighted by atomic mass is 16.2. The summed E-state index contributed by atoms with van der Waals surface area (Å²) in [6.45, 7) is 1.87. The molecule has 3 rings (SSSR count). The molecule has 1 heterocycles. The smallest absolute Gasteiger partial charge is 0.316 e. The largest absolute Gasteiger partial charge is 0.322 e. The average Bonchev–Trinajstić information content (AvgIpc) is 2.58. The van der Waals surface area contributed by atoms with Gasteiger partial charge in [0.2, 0.25) is 0 Å². The quantitative estimate of drug-likeness (QED) is 0.731. The maximum Gasteiger partial charge on any atom is 0.316 e. The van der Waals surface area contributed by atoms with E-state index in [1.807, 2.05) is 25.1 Å². The summed E-state index contributed by atoms with van der Waals surface area (Å²) < 4.78 is 2.60. The van der Waals surface area contributed by atoms with Gasteiger partial charge in [0.25, 0.3) is 5.91 Å². The minimum absolute atomic E-state index is 0.220. The lowest BCUT2D eigenvalue weighted by molar-refractivity contribution is 0.102. The fraction of sp³-hybridized carbons (Fsp3) is 0.167. The Morgan fingerprint density at radius 3 is 2.21 bits per heavy atom. The molecule has 0 bridgehead atoms. The third-order valence-corrected chi connectivity index (χ3v) is 4.14. The van der Waals surface area contributed by atoms with E-state index in [1.165, 1.54) is 9.13 Å². The average molecular weight is 323 g/mol. The molecule has 2 aromatic carbocycles. The topological polar surface area (TPSA) is 73.1 Å². The number of amides is 1. The summed E-state index contributed by atoms with van der Waals surface area (Å²) >= 11 is 0. The standard InChI is InChI=1S/C18H17N3O3/c1-11-6-4-5-7-13(11)16(22)19-12-8-9-14-15(10-12)21(3)18(24)17(23)20(14)2/h4-10H,1-3H3,(H,19,22). The van der Waals surface area contributed by atoms with Gasteiger partial charge in [-0.15, -0.1) is 0 Å². The lowest BCUT2D eigenvalue weighted by Crippen LogP contribution is -2.39. The first-order valence-corrected chi connectivity index (χ1v) is 7.47. The number of carbonyl (C=O) groups is 1. The maximum absolute atomic E-state index is 12.4. The first-order chi connectivity index (χ1) is 11.4. The molecular weight excluding hydrogens is 306 g/mol. The molecule has 0 saturated carbocycles. The number of nitrogens with zero attached hydrogens (tertiary/aromatic N) is 2. The summed E-state index contributed by atoms with van der Waals surface area (Å²) in [7, 11) is 3.09. The van der Waals surface area contributed by atoms with Crippen LogP contribution < -0.4 is 16.4 Å². The van der Waals surface area contributed by atoms with E-state index in [0.29, 0.717) is 22.3 Å². The number of aromatic nitrogens is 2. The normalized spacial score (nSPS) is 10.8. The maximum atomic E-state index is 12.4. The van der Waals surface area contributed by atoms with Gasteiger partial charge in [0.1, 0.15) is 0 Å². The van der Waals surface area contributed by atoms with Crippen molar-refractivity contribution in [2.45, 2.75) is 6.92 Å². The lowest BCUT2D eigenvalue weighted by Gasteiger charge is -2.12. The number of benzene rings is 2. The van der Waals surface area contributed by atoms with Crippen LogP contribution in [-0.4, -0.2) is 15.0 Å². The predicted molar refractivity (Wildman–Crippen MR) is 93.6 cm³/mol. The van der Waals surface area contributed by atoms with Gasteiger partial charge in [-0.25, -0.2) is 0 Å². The van der Waals surface area contributed by atoms with E-state index in [4.69, 9.17) is 0 Å². The van der Waals surface area contributed by atoms with Gasteiger partial charge in [-0.2, -0.15) is 0 Å². The number of anilines is 1. The molecule has 1 amide bonds. The Hall–Kier alpha value is -3.15. The van der Waals surface area contributed by atoms with Gasteiger partial charge < -0.3 is 14.5 Å². The monoisotopic (exact) mass is 323 g/mol. The van der Waals surface area contributed by atoms with E-state index in [2.05, 4.69) is 5.32 Å². The van der Waals surface area contributed by atoms with Crippen LogP contribution in [-0.2, 0) is 14.1 Å². The zero-order valence-corrected chi connectivity index (χ0v) is 13.7. The third kappa shape index (κ3) is 2.52. The van der Waals surface area contributed by atoms with Crippen LogP contribution in [0, 0.1) is 6.92 Å². The van der Waals surface area contributed by atoms with Crippen LogP contribution in [0.15, 0.2) is 52.1 Å². The van der Waals surface area contributed by atoms with Crippen molar-refractivity contribution in [3.05, 3.63) is 74.3 Å². The summed E-state index contributed by atoms with van der Waals surface area (Å²) in [5.74, 6) is -0.220. The molecule has 0 aliphatic heterocycles. The summed E-state index contributed by atoms with van der Waals surface area (Å²) in [5.41, 5.74) is 2.04. The summed E-state index contributed by atoms with van der Waals surface area (Å²) in [4.78, 5) is 36.2. The number of aryl methyl sites for hydroxylation is 3. The SMILES string of the molecule is Cc1ccccc1C(=O)Nc1ccc2c(c1)n(C)c(=O)c(=O)n2C. The van der Waals surface area contributed by atoms with E-state index in [9.17, 15) is 14.4 Å². The Bertz CT molecular complexity index is 1080. The van der Waals surface area contributed by atoms with Crippen LogP contribution in [0.5, 0.6) is 0 Å². The van der Waals surface area contributed by atoms with Gasteiger partial charge in [0, 0.05) is 25.3 Å². The number of hydrogen-bond donors (Lipinski definition) is 1. The minimum Gasteiger partial charge on any atom is -0.322 e. The second-order valence-electron chi connectivity index (χ2n) is 5.70. The van der Waals surface area contributed by atoms with Crippen LogP contribution in [0.3, 0.4) is 0 Å². The van der Waals surface area contributed by atoms with Crippen molar-refractivity contribution in [2.75, 3.05) is 5.32 Å². The van der Waals surface area contributed by atoms with Crippen LogP contribution in [0.1, 0.15) is 15.9 Å². The van der Waals surface area contributed by atoms with Crippen molar-refractivity contribution in [3.63, 3.8) is 0 Å². The van der Waals surface area contributed by atoms with Crippen molar-refractivity contribution in [1.82, 2.24) is 9.13 Å². The van der Waals surface area contributed by atoms with Crippen molar-refractivity contribution in [2.24, 2.45) is 14.1 Å². The lowest BCUT2D eigenvalue weighted by atomic mass is 10.1. The van der Waals surface area contributed by atoms with Gasteiger partial charge in [0.15, 0.2) is 0 Å². The second-order valence-corrected chi connectivity index (χ2v) is 5.70. The van der Waals surface area contributed by atoms with Crippen molar-refractivity contribution in [1.29, 1.82) is 0 Å². The van der Waals surface area contributed by atoms with Gasteiger partial charge in [-0.3, -0.25) is 14.4 Å². The Kier molecular flexibility index (Phi) is 3.81. The Labute approximate surface area is 138 Å². The molecule has 0 aliphatic carbocycles. The predicted octanol–water partition coefficient (Wildman–Crippen LogP) is 1.80. The van der Waals surface area contributed by atoms with E-state index >= 15 is 0 Å². The molecule has 0 fully saturated rings. The summed E-state index contributed by atoms with van der Waals surface area (Å²) in [6.07, 6.45) is 0. The van der Waals surface area contributed by atoms with Gasteiger partial charge >= 0.3 is 11.1 Å². The summed E-state index contributed by atoms with van der Waals surface area (Å²) in [6, 6.07) is 12.4. The highest BCUT2D eigenvalue weighted by Gasteiger charge is 2.12. The van der Waals surface area contributed by atoms with Gasteiger partial charge in [0.05, 0.1) is 11.0 Å². The van der Waals surface area contributed by atoms with Crippen LogP contribution >= 0.6 is 0 Å². The molecule has 0 unspecified atom stereocenters. The number of hydrogen-bond acceptors (Lipinski definition) is 3. The van der Waals surface area contributed by atoms with Crippen molar-refractivity contribution in [3.8, 4) is 0 Å². The van der Waals surface area contributed by atoms with E-state index in [0.717, 1.165) is 5.56 Å². The third-order valence-electron chi connectivity index (χ3n) is 4.14. The molecule has 24 heavy (non-hydrogen) atoms. The second kappa shape index (κ2) is 5.81. The number of nitrogens with one attached hydrogen (secondary N) is 1. The molecule has 122 valence electrons. The highest BCUT2D eigenvalue weighted by molar-refractivity contribution is 6.05. The molecule has 0 aliphatic rings. The van der Waals surface area contributed by atoms with Gasteiger partial charge in [-0.1, -0.05) is 18.2 Å². The fourth-order valence-corrected chi connectivity index (χ4v) is 2.69. The van der Waals surface area contributed by atoms with E-state index < -0.39 is 11.1 Å². The number of carbonyl (C=O) groups excluding carboxylic acids is 1. The molecule has 0 atom stereocenters. The van der Waals surface area contributed by atoms with Crippen LogP contribution in [0.2, 0.25) is 0 Å². The molecule has 0 spiro atoms. The zero-order valence-electron chi connectivity index (χ0n) is 13.7. The molecule has 1 aromatic heterocycles. The van der Waals surface area contributed by atoms with Crippen LogP contribution in [0.4, 0.5) is 5.69 Å². The molecule has 3 aromatic rings. The first-order valence-electron chi connectivity index (χ1n) is 7.47. The highest BCUT2D eigenvalue weighted by Crippen LogP contribution is 2.18. The van der Waals surface area contributed by atoms with Crippen LogP contribution in [0.25, 0.3) is 11.0 Å². The Morgan fingerprint density at radius 1 is 0.917 bits per heavy atom. The van der Waals surface area contributed by atoms with E-state index in [1.54, 1.807) is 38.4 Å². The molecule has 6 heteroatoms. The van der Waals surface area contributed by atoms with Crippen molar-refractivity contribution >= 4 is 22.6 Å². The number of rotatable bonds is 2. The van der Waals surface area contributed by atoms with Crippen molar-refractivity contribution < 1.29 is 4.79 Å². The first kappa shape index (κ1) is 15.7. The zero-order chi connectivity index (χ0) is 17.4. The van der Waals surface area contributed by atoms with E-state index in [-0.39, 0.29) is 5.91 Å². The van der Waals surface area contributed by atoms with Gasteiger partial charge in [-0.05, 0) is 36.8 Å². The molecule has 1 N–H and O–H groups in total. The fourth-order valence-electron chi connectivity index (χ4n) is 2.69. The minimum atomic E-state index is -0.604. The Balaban J connectivity index is 2.06. The molecule has 6 nitrogen and oxygen atoms in total. The molecule has 0 saturated heterocycles. The number of fused-ring (bicyclic) bond motifs is 1. The Morgan fingerprint density at radius 2 is 1.54 bits per heavy atom. The molecule has 0 radical (unpaired) electrons.